The topological polar surface area (TPSA) is 41.5 Å². The van der Waals surface area contributed by atoms with Gasteiger partial charge in [0.15, 0.2) is 0 Å². The van der Waals surface area contributed by atoms with E-state index < -0.39 is 0 Å². The van der Waals surface area contributed by atoms with Crippen LogP contribution in [0, 0.1) is 0 Å². The minimum Gasteiger partial charge on any atom is -0.508 e. The number of benzene rings is 2. The van der Waals surface area contributed by atoms with Gasteiger partial charge in [-0.3, -0.25) is 0 Å². The number of hydrogen-bond donors (Lipinski definition) is 2. The average molecular weight is 257 g/mol. The van der Waals surface area contributed by atoms with Crippen LogP contribution < -0.4 is 10.1 Å². The number of phenols is 1. The quantitative estimate of drug-likeness (QED) is 0.782. The Kier molecular flexibility index (Phi) is 4.81. The molecule has 0 fully saturated rings. The Morgan fingerprint density at radius 3 is 2.63 bits per heavy atom. The van der Waals surface area contributed by atoms with Crippen LogP contribution in [0.1, 0.15) is 11.1 Å². The molecule has 2 rings (SSSR count). The number of rotatable bonds is 6. The number of nitrogens with one attached hydrogen (secondary N) is 1. The van der Waals surface area contributed by atoms with Gasteiger partial charge in [0, 0.05) is 6.54 Å². The van der Waals surface area contributed by atoms with Crippen molar-refractivity contribution in [3.63, 3.8) is 0 Å². The molecule has 2 aromatic carbocycles. The van der Waals surface area contributed by atoms with Crippen molar-refractivity contribution < 1.29 is 9.84 Å². The van der Waals surface area contributed by atoms with Gasteiger partial charge < -0.3 is 15.2 Å². The molecule has 3 heteroatoms. The third-order valence-corrected chi connectivity index (χ3v) is 2.96. The van der Waals surface area contributed by atoms with Crippen LogP contribution >= 0.6 is 0 Å². The van der Waals surface area contributed by atoms with Gasteiger partial charge in [-0.1, -0.05) is 24.3 Å². The summed E-state index contributed by atoms with van der Waals surface area (Å²) in [5.41, 5.74) is 2.34. The predicted molar refractivity (Wildman–Crippen MR) is 76.5 cm³/mol. The zero-order valence-electron chi connectivity index (χ0n) is 11.1. The molecule has 0 atom stereocenters. The van der Waals surface area contributed by atoms with E-state index in [9.17, 15) is 5.11 Å². The zero-order chi connectivity index (χ0) is 13.5. The maximum Gasteiger partial charge on any atom is 0.119 e. The van der Waals surface area contributed by atoms with Crippen LogP contribution in [0.5, 0.6) is 11.5 Å². The molecular formula is C16H19NO2. The summed E-state index contributed by atoms with van der Waals surface area (Å²) < 4.78 is 5.20. The molecule has 0 saturated heterocycles. The van der Waals surface area contributed by atoms with E-state index in [1.165, 1.54) is 5.56 Å². The summed E-state index contributed by atoms with van der Waals surface area (Å²) in [6.07, 6.45) is 0.954. The molecule has 2 N–H and O–H groups in total. The highest BCUT2D eigenvalue weighted by Gasteiger charge is 1.97. The average Bonchev–Trinajstić information content (AvgIpc) is 2.44. The van der Waals surface area contributed by atoms with Crippen LogP contribution in [-0.4, -0.2) is 18.8 Å². The minimum atomic E-state index is 0.312. The maximum absolute atomic E-state index is 9.36. The molecule has 0 heterocycles. The predicted octanol–water partition coefficient (Wildman–Crippen LogP) is 2.73. The fourth-order valence-electron chi connectivity index (χ4n) is 1.96. The van der Waals surface area contributed by atoms with Crippen LogP contribution in [-0.2, 0) is 13.0 Å². The van der Waals surface area contributed by atoms with Crippen molar-refractivity contribution in [1.29, 1.82) is 0 Å². The van der Waals surface area contributed by atoms with Crippen molar-refractivity contribution in [2.24, 2.45) is 0 Å². The fraction of sp³-hybridized carbons (Fsp3) is 0.250. The monoisotopic (exact) mass is 257 g/mol. The van der Waals surface area contributed by atoms with E-state index in [2.05, 4.69) is 17.4 Å². The smallest absolute Gasteiger partial charge is 0.119 e. The van der Waals surface area contributed by atoms with Gasteiger partial charge in [-0.05, 0) is 48.4 Å². The van der Waals surface area contributed by atoms with Crippen LogP contribution in [0.25, 0.3) is 0 Å². The molecule has 0 spiro atoms. The lowest BCUT2D eigenvalue weighted by molar-refractivity contribution is 0.414. The summed E-state index contributed by atoms with van der Waals surface area (Å²) in [6, 6.07) is 15.4. The molecule has 19 heavy (non-hydrogen) atoms. The standard InChI is InChI=1S/C16H19NO2/c1-19-16-7-3-4-13(11-16)8-9-17-12-14-5-2-6-15(18)10-14/h2-7,10-11,17-18H,8-9,12H2,1H3. The first kappa shape index (κ1) is 13.4. The first-order chi connectivity index (χ1) is 9.28. The van der Waals surface area contributed by atoms with Crippen molar-refractivity contribution >= 4 is 0 Å². The SMILES string of the molecule is COc1cccc(CCNCc2cccc(O)c2)c1. The second kappa shape index (κ2) is 6.81. The van der Waals surface area contributed by atoms with E-state index in [4.69, 9.17) is 4.74 Å². The summed E-state index contributed by atoms with van der Waals surface area (Å²) in [6.45, 7) is 1.65. The number of hydrogen-bond acceptors (Lipinski definition) is 3. The van der Waals surface area contributed by atoms with Crippen LogP contribution in [0.3, 0.4) is 0 Å². The highest BCUT2D eigenvalue weighted by atomic mass is 16.5. The lowest BCUT2D eigenvalue weighted by Gasteiger charge is -2.07. The molecule has 0 radical (unpaired) electrons. The van der Waals surface area contributed by atoms with Crippen molar-refractivity contribution in [3.05, 3.63) is 59.7 Å². The van der Waals surface area contributed by atoms with Crippen LogP contribution in [0.4, 0.5) is 0 Å². The van der Waals surface area contributed by atoms with E-state index in [-0.39, 0.29) is 0 Å². The molecule has 3 nitrogen and oxygen atoms in total. The molecule has 0 unspecified atom stereocenters. The zero-order valence-corrected chi connectivity index (χ0v) is 11.1. The molecule has 0 aliphatic rings. The van der Waals surface area contributed by atoms with E-state index in [0.717, 1.165) is 30.8 Å². The minimum absolute atomic E-state index is 0.312. The van der Waals surface area contributed by atoms with Gasteiger partial charge in [0.05, 0.1) is 7.11 Å². The van der Waals surface area contributed by atoms with Gasteiger partial charge in [-0.25, -0.2) is 0 Å². The van der Waals surface area contributed by atoms with Gasteiger partial charge in [0.1, 0.15) is 11.5 Å². The Morgan fingerprint density at radius 2 is 1.84 bits per heavy atom. The van der Waals surface area contributed by atoms with Crippen LogP contribution in [0.15, 0.2) is 48.5 Å². The summed E-state index contributed by atoms with van der Waals surface area (Å²) >= 11 is 0. The first-order valence-corrected chi connectivity index (χ1v) is 6.39. The summed E-state index contributed by atoms with van der Waals surface area (Å²) in [4.78, 5) is 0. The lowest BCUT2D eigenvalue weighted by atomic mass is 10.1. The summed E-state index contributed by atoms with van der Waals surface area (Å²) in [7, 11) is 1.68. The first-order valence-electron chi connectivity index (χ1n) is 6.39. The number of phenolic OH excluding ortho intramolecular Hbond substituents is 1. The molecule has 100 valence electrons. The van der Waals surface area contributed by atoms with Crippen LogP contribution in [0.2, 0.25) is 0 Å². The largest absolute Gasteiger partial charge is 0.508 e. The molecule has 0 aromatic heterocycles. The summed E-state index contributed by atoms with van der Waals surface area (Å²) in [5, 5.41) is 12.7. The second-order valence-electron chi connectivity index (χ2n) is 4.45. The molecule has 2 aromatic rings. The third kappa shape index (κ3) is 4.30. The van der Waals surface area contributed by atoms with E-state index in [0.29, 0.717) is 5.75 Å². The van der Waals surface area contributed by atoms with Crippen molar-refractivity contribution in [2.45, 2.75) is 13.0 Å². The lowest BCUT2D eigenvalue weighted by Crippen LogP contribution is -2.16. The molecule has 0 aliphatic heterocycles. The Morgan fingerprint density at radius 1 is 1.05 bits per heavy atom. The Bertz CT molecular complexity index is 526. The van der Waals surface area contributed by atoms with Gasteiger partial charge >= 0.3 is 0 Å². The fourth-order valence-corrected chi connectivity index (χ4v) is 1.96. The van der Waals surface area contributed by atoms with E-state index >= 15 is 0 Å². The number of aromatic hydroxyl groups is 1. The van der Waals surface area contributed by atoms with Crippen molar-refractivity contribution in [3.8, 4) is 11.5 Å². The van der Waals surface area contributed by atoms with E-state index in [1.807, 2.05) is 24.3 Å². The van der Waals surface area contributed by atoms with Gasteiger partial charge in [0.25, 0.3) is 0 Å². The molecular weight excluding hydrogens is 238 g/mol. The molecule has 0 bridgehead atoms. The molecule has 0 aliphatic carbocycles. The Hall–Kier alpha value is -2.00. The van der Waals surface area contributed by atoms with E-state index in [1.54, 1.807) is 19.2 Å². The number of methoxy groups -OCH3 is 1. The van der Waals surface area contributed by atoms with Gasteiger partial charge in [-0.2, -0.15) is 0 Å². The highest BCUT2D eigenvalue weighted by molar-refractivity contribution is 5.29. The van der Waals surface area contributed by atoms with Crippen molar-refractivity contribution in [2.75, 3.05) is 13.7 Å². The third-order valence-electron chi connectivity index (χ3n) is 2.96. The molecule has 0 amide bonds. The Labute approximate surface area is 113 Å². The normalized spacial score (nSPS) is 10.4. The number of ether oxygens (including phenoxy) is 1. The summed E-state index contributed by atoms with van der Waals surface area (Å²) in [5.74, 6) is 1.21. The maximum atomic E-state index is 9.36. The molecule has 0 saturated carbocycles. The Balaban J connectivity index is 1.77. The van der Waals surface area contributed by atoms with Crippen molar-refractivity contribution in [1.82, 2.24) is 5.32 Å². The highest BCUT2D eigenvalue weighted by Crippen LogP contribution is 2.13. The second-order valence-corrected chi connectivity index (χ2v) is 4.45. The van der Waals surface area contributed by atoms with Gasteiger partial charge in [0.2, 0.25) is 0 Å². The van der Waals surface area contributed by atoms with Gasteiger partial charge in [-0.15, -0.1) is 0 Å².